The van der Waals surface area contributed by atoms with Crippen molar-refractivity contribution in [2.24, 2.45) is 0 Å². The molecule has 0 atom stereocenters. The molecule has 0 N–H and O–H groups in total. The van der Waals surface area contributed by atoms with Crippen molar-refractivity contribution in [3.05, 3.63) is 267 Å². The van der Waals surface area contributed by atoms with Crippen LogP contribution in [0.25, 0.3) is 93.9 Å². The van der Waals surface area contributed by atoms with Crippen LogP contribution in [0.5, 0.6) is 0 Å². The molecule has 1 heterocycles. The summed E-state index contributed by atoms with van der Waals surface area (Å²) in [4.78, 5) is 1.86. The standard InChI is InChI=1S/C64H44N2/c1-4-16-45(17-5-1)47-30-36-55(37-31-47)65(56-38-32-48(33-39-56)46-18-6-2-7-19-46)57-40-34-49(35-41-57)51-42-52(59-26-14-21-50-20-10-11-24-58(50)59)44-53(43-51)60-27-15-29-63-64(60)61-25-12-13-28-62(61)66(63)54-22-8-3-9-23-54/h1-44H/i34D,35D,40D,41D. The lowest BCUT2D eigenvalue weighted by molar-refractivity contribution is 1.18. The largest absolute Gasteiger partial charge is 0.311 e. The van der Waals surface area contributed by atoms with Gasteiger partial charge in [-0.15, -0.1) is 0 Å². The van der Waals surface area contributed by atoms with Crippen LogP contribution in [0.15, 0.2) is 267 Å². The van der Waals surface area contributed by atoms with Gasteiger partial charge in [0.2, 0.25) is 0 Å². The molecule has 0 aliphatic carbocycles. The van der Waals surface area contributed by atoms with Crippen molar-refractivity contribution in [3.8, 4) is 61.3 Å². The average molecular weight is 845 g/mol. The Bertz CT molecular complexity index is 3790. The van der Waals surface area contributed by atoms with Gasteiger partial charge in [0.15, 0.2) is 0 Å². The molecule has 0 unspecified atom stereocenters. The Balaban J connectivity index is 1.07. The topological polar surface area (TPSA) is 8.17 Å². The van der Waals surface area contributed by atoms with E-state index in [2.05, 4.69) is 132 Å². The molecule has 2 heteroatoms. The Morgan fingerprint density at radius 3 is 1.42 bits per heavy atom. The number of anilines is 3. The van der Waals surface area contributed by atoms with Gasteiger partial charge in [0.25, 0.3) is 0 Å². The van der Waals surface area contributed by atoms with Crippen LogP contribution in [0.4, 0.5) is 17.1 Å². The maximum Gasteiger partial charge on any atom is 0.0645 e. The number of hydrogen-bond donors (Lipinski definition) is 0. The second kappa shape index (κ2) is 16.8. The summed E-state index contributed by atoms with van der Waals surface area (Å²) in [6.07, 6.45) is 0. The highest BCUT2D eigenvalue weighted by molar-refractivity contribution is 6.16. The molecule has 1 aromatic heterocycles. The molecule has 2 nitrogen and oxygen atoms in total. The zero-order valence-electron chi connectivity index (χ0n) is 40.0. The second-order valence-electron chi connectivity index (χ2n) is 16.6. The summed E-state index contributed by atoms with van der Waals surface area (Å²) in [6, 6.07) is 82.2. The summed E-state index contributed by atoms with van der Waals surface area (Å²) in [7, 11) is 0. The summed E-state index contributed by atoms with van der Waals surface area (Å²) in [6.45, 7) is 0. The minimum absolute atomic E-state index is 0.122. The van der Waals surface area contributed by atoms with E-state index in [4.69, 9.17) is 0 Å². The first-order chi connectivity index (χ1) is 34.4. The van der Waals surface area contributed by atoms with Gasteiger partial charge in [-0.25, -0.2) is 0 Å². The van der Waals surface area contributed by atoms with Crippen LogP contribution in [0.3, 0.4) is 0 Å². The van der Waals surface area contributed by atoms with Gasteiger partial charge in [0.1, 0.15) is 0 Å². The molecule has 12 aromatic rings. The normalized spacial score (nSPS) is 12.2. The molecule has 0 fully saturated rings. The first kappa shape index (κ1) is 34.7. The molecule has 0 radical (unpaired) electrons. The summed E-state index contributed by atoms with van der Waals surface area (Å²) in [5.41, 5.74) is 13.7. The number of aromatic nitrogens is 1. The highest BCUT2D eigenvalue weighted by atomic mass is 15.1. The van der Waals surface area contributed by atoms with E-state index in [0.29, 0.717) is 16.9 Å². The van der Waals surface area contributed by atoms with Gasteiger partial charge in [-0.3, -0.25) is 0 Å². The van der Waals surface area contributed by atoms with E-state index >= 15 is 0 Å². The minimum Gasteiger partial charge on any atom is -0.311 e. The fourth-order valence-corrected chi connectivity index (χ4v) is 9.51. The molecule has 0 aliphatic rings. The SMILES string of the molecule is [2H]c1c([2H])c(N(c2ccc(-c3ccccc3)cc2)c2ccc(-c3ccccc3)cc2)c([2H])c([2H])c1-c1cc(-c2cccc3ccccc23)cc(-c2cccc3c2c2ccccc2n3-c2ccccc2)c1. The van der Waals surface area contributed by atoms with Crippen molar-refractivity contribution in [2.75, 3.05) is 4.90 Å². The van der Waals surface area contributed by atoms with Crippen LogP contribution in [-0.2, 0) is 0 Å². The Morgan fingerprint density at radius 2 is 0.773 bits per heavy atom. The van der Waals surface area contributed by atoms with Crippen LogP contribution < -0.4 is 4.90 Å². The molecule has 66 heavy (non-hydrogen) atoms. The van der Waals surface area contributed by atoms with Crippen molar-refractivity contribution < 1.29 is 5.48 Å². The lowest BCUT2D eigenvalue weighted by atomic mass is 9.90. The molecular weight excluding hydrogens is 797 g/mol. The number of rotatable bonds is 9. The third-order valence-corrected chi connectivity index (χ3v) is 12.6. The number of fused-ring (bicyclic) bond motifs is 4. The van der Waals surface area contributed by atoms with E-state index in [9.17, 15) is 5.48 Å². The highest BCUT2D eigenvalue weighted by Crippen LogP contribution is 2.43. The predicted molar refractivity (Wildman–Crippen MR) is 280 cm³/mol. The van der Waals surface area contributed by atoms with Crippen LogP contribution in [0.2, 0.25) is 0 Å². The number of para-hydroxylation sites is 2. The minimum atomic E-state index is -0.139. The summed E-state index contributed by atoms with van der Waals surface area (Å²) >= 11 is 0. The van der Waals surface area contributed by atoms with Gasteiger partial charge in [-0.1, -0.05) is 188 Å². The maximum absolute atomic E-state index is 9.92. The molecule has 0 bridgehead atoms. The quantitative estimate of drug-likeness (QED) is 0.141. The smallest absolute Gasteiger partial charge is 0.0645 e. The number of benzene rings is 11. The number of hydrogen-bond acceptors (Lipinski definition) is 1. The van der Waals surface area contributed by atoms with E-state index in [0.717, 1.165) is 82.8 Å². The summed E-state index contributed by atoms with van der Waals surface area (Å²) < 4.78 is 41.9. The van der Waals surface area contributed by atoms with E-state index < -0.39 is 0 Å². The summed E-state index contributed by atoms with van der Waals surface area (Å²) in [5, 5.41) is 4.37. The zero-order chi connectivity index (χ0) is 47.3. The third-order valence-electron chi connectivity index (χ3n) is 12.6. The fraction of sp³-hybridized carbons (Fsp3) is 0. The first-order valence-corrected chi connectivity index (χ1v) is 22.3. The molecule has 0 amide bonds. The van der Waals surface area contributed by atoms with E-state index in [1.807, 2.05) is 120 Å². The predicted octanol–water partition coefficient (Wildman–Crippen LogP) is 17.7. The Morgan fingerprint density at radius 1 is 0.303 bits per heavy atom. The average Bonchev–Trinajstić information content (AvgIpc) is 3.77. The Labute approximate surface area is 391 Å². The van der Waals surface area contributed by atoms with E-state index in [1.54, 1.807) is 0 Å². The van der Waals surface area contributed by atoms with Crippen LogP contribution in [0.1, 0.15) is 5.48 Å². The zero-order valence-corrected chi connectivity index (χ0v) is 36.0. The van der Waals surface area contributed by atoms with Crippen molar-refractivity contribution in [2.45, 2.75) is 0 Å². The number of nitrogens with zero attached hydrogens (tertiary/aromatic N) is 2. The molecule has 310 valence electrons. The highest BCUT2D eigenvalue weighted by Gasteiger charge is 2.19. The van der Waals surface area contributed by atoms with E-state index in [1.165, 1.54) is 0 Å². The second-order valence-corrected chi connectivity index (χ2v) is 16.6. The van der Waals surface area contributed by atoms with Crippen LogP contribution >= 0.6 is 0 Å². The van der Waals surface area contributed by atoms with E-state index in [-0.39, 0.29) is 35.4 Å². The molecule has 0 saturated carbocycles. The van der Waals surface area contributed by atoms with Crippen LogP contribution in [-0.4, -0.2) is 4.57 Å². The molecular formula is C64H44N2. The van der Waals surface area contributed by atoms with Crippen LogP contribution in [0, 0.1) is 0 Å². The lowest BCUT2D eigenvalue weighted by Crippen LogP contribution is -2.09. The Hall–Kier alpha value is -8.72. The summed E-state index contributed by atoms with van der Waals surface area (Å²) in [5.74, 6) is 0. The van der Waals surface area contributed by atoms with Crippen molar-refractivity contribution >= 4 is 49.6 Å². The molecule has 0 aliphatic heterocycles. The van der Waals surface area contributed by atoms with Crippen molar-refractivity contribution in [1.82, 2.24) is 4.57 Å². The first-order valence-electron chi connectivity index (χ1n) is 24.3. The van der Waals surface area contributed by atoms with Gasteiger partial charge >= 0.3 is 0 Å². The fourth-order valence-electron chi connectivity index (χ4n) is 9.51. The maximum atomic E-state index is 9.92. The van der Waals surface area contributed by atoms with Crippen molar-refractivity contribution in [1.29, 1.82) is 0 Å². The third kappa shape index (κ3) is 7.12. The molecule has 0 saturated heterocycles. The molecule has 11 aromatic carbocycles. The lowest BCUT2D eigenvalue weighted by Gasteiger charge is -2.26. The van der Waals surface area contributed by atoms with Gasteiger partial charge < -0.3 is 9.47 Å². The monoisotopic (exact) mass is 844 g/mol. The molecule has 12 rings (SSSR count). The van der Waals surface area contributed by atoms with Gasteiger partial charge in [0, 0.05) is 33.5 Å². The van der Waals surface area contributed by atoms with Gasteiger partial charge in [-0.2, -0.15) is 0 Å². The van der Waals surface area contributed by atoms with Gasteiger partial charge in [-0.05, 0) is 145 Å². The molecule has 0 spiro atoms. The van der Waals surface area contributed by atoms with Crippen molar-refractivity contribution in [3.63, 3.8) is 0 Å². The van der Waals surface area contributed by atoms with Gasteiger partial charge in [0.05, 0.1) is 16.5 Å². The Kier molecular flexibility index (Phi) is 8.82.